The summed E-state index contributed by atoms with van der Waals surface area (Å²) >= 11 is 0. The lowest BCUT2D eigenvalue weighted by Crippen LogP contribution is -2.32. The van der Waals surface area contributed by atoms with E-state index in [0.717, 1.165) is 4.90 Å². The molecule has 7 heteroatoms. The van der Waals surface area contributed by atoms with Gasteiger partial charge >= 0.3 is 11.5 Å². The van der Waals surface area contributed by atoms with Gasteiger partial charge in [0.05, 0.1) is 11.3 Å². The van der Waals surface area contributed by atoms with Crippen molar-refractivity contribution in [2.75, 3.05) is 16.3 Å². The second-order valence-corrected chi connectivity index (χ2v) is 6.24. The molecule has 23 heavy (non-hydrogen) atoms. The highest BCUT2D eigenvalue weighted by Crippen LogP contribution is 2.38. The standard InChI is InChI=1S/C16H11N2O4P/c19-14-10-17(16(20)18(14)12-6-2-1-3-7-12)13-8-4-5-11(9-13)15-22-23(15)21/h1-9H,10H2. The van der Waals surface area contributed by atoms with Gasteiger partial charge in [-0.3, -0.25) is 9.69 Å². The predicted octanol–water partition coefficient (Wildman–Crippen LogP) is 1.84. The van der Waals surface area contributed by atoms with Crippen LogP contribution in [0.25, 0.3) is 0 Å². The first-order valence-corrected chi connectivity index (χ1v) is 8.15. The summed E-state index contributed by atoms with van der Waals surface area (Å²) in [6, 6.07) is 15.3. The van der Waals surface area contributed by atoms with Crippen molar-refractivity contribution in [2.24, 2.45) is 0 Å². The van der Waals surface area contributed by atoms with Crippen molar-refractivity contribution < 1.29 is 19.0 Å². The number of anilines is 2. The molecule has 0 spiro atoms. The molecule has 0 bridgehead atoms. The third kappa shape index (κ3) is 2.43. The highest BCUT2D eigenvalue weighted by Gasteiger charge is 2.39. The zero-order valence-electron chi connectivity index (χ0n) is 11.9. The Morgan fingerprint density at radius 1 is 1.00 bits per heavy atom. The molecule has 2 aromatic rings. The molecule has 2 heterocycles. The Morgan fingerprint density at radius 2 is 1.70 bits per heavy atom. The van der Waals surface area contributed by atoms with E-state index < -0.39 is 14.0 Å². The minimum absolute atomic E-state index is 0.0283. The van der Waals surface area contributed by atoms with Crippen molar-refractivity contribution in [3.8, 4) is 0 Å². The van der Waals surface area contributed by atoms with Gasteiger partial charge in [-0.2, -0.15) is 0 Å². The molecule has 6 nitrogen and oxygen atoms in total. The molecule has 0 saturated carbocycles. The van der Waals surface area contributed by atoms with E-state index in [1.807, 2.05) is 6.07 Å². The second-order valence-electron chi connectivity index (χ2n) is 5.14. The molecule has 2 aromatic carbocycles. The number of hydrogen-bond acceptors (Lipinski definition) is 4. The van der Waals surface area contributed by atoms with E-state index in [4.69, 9.17) is 4.52 Å². The van der Waals surface area contributed by atoms with Gasteiger partial charge in [0.25, 0.3) is 13.9 Å². The molecule has 114 valence electrons. The minimum Gasteiger partial charge on any atom is -0.600 e. The van der Waals surface area contributed by atoms with Gasteiger partial charge in [0.15, 0.2) is 0 Å². The fourth-order valence-corrected chi connectivity index (χ4v) is 3.23. The average Bonchev–Trinajstić information content (AvgIpc) is 3.23. The average molecular weight is 326 g/mol. The summed E-state index contributed by atoms with van der Waals surface area (Å²) in [5.41, 5.74) is 2.22. The Morgan fingerprint density at radius 3 is 2.39 bits per heavy atom. The number of nitrogens with zero attached hydrogens (tertiary/aromatic N) is 2. The van der Waals surface area contributed by atoms with Crippen molar-refractivity contribution >= 4 is 36.8 Å². The normalized spacial score (nSPS) is 18.8. The number of amides is 3. The Bertz CT molecular complexity index is 850. The van der Waals surface area contributed by atoms with Crippen molar-refractivity contribution in [2.45, 2.75) is 0 Å². The third-order valence-corrected chi connectivity index (χ3v) is 4.55. The van der Waals surface area contributed by atoms with Crippen LogP contribution < -0.4 is 14.7 Å². The highest BCUT2D eigenvalue weighted by molar-refractivity contribution is 7.56. The Kier molecular flexibility index (Phi) is 3.23. The molecule has 0 radical (unpaired) electrons. The molecule has 4 rings (SSSR count). The van der Waals surface area contributed by atoms with Crippen molar-refractivity contribution in [3.63, 3.8) is 0 Å². The quantitative estimate of drug-likeness (QED) is 0.637. The molecular formula is C16H11N2O4P. The molecule has 1 unspecified atom stereocenters. The van der Waals surface area contributed by atoms with Gasteiger partial charge in [-0.1, -0.05) is 28.8 Å². The number of carbonyl (C=O) groups is 2. The molecule has 0 aromatic heterocycles. The maximum Gasteiger partial charge on any atom is 0.336 e. The van der Waals surface area contributed by atoms with Gasteiger partial charge < -0.3 is 4.89 Å². The first-order chi connectivity index (χ1) is 11.1. The van der Waals surface area contributed by atoms with E-state index in [2.05, 4.69) is 0 Å². The van der Waals surface area contributed by atoms with Crippen LogP contribution in [0.15, 0.2) is 54.6 Å². The molecule has 0 N–H and O–H groups in total. The van der Waals surface area contributed by atoms with Crippen LogP contribution in [0.1, 0.15) is 5.56 Å². The third-order valence-electron chi connectivity index (χ3n) is 3.69. The van der Waals surface area contributed by atoms with Crippen LogP contribution in [-0.4, -0.2) is 24.0 Å². The van der Waals surface area contributed by atoms with Gasteiger partial charge in [-0.05, 0) is 30.3 Å². The van der Waals surface area contributed by atoms with Crippen molar-refractivity contribution in [1.29, 1.82) is 0 Å². The monoisotopic (exact) mass is 326 g/mol. The van der Waals surface area contributed by atoms with Gasteiger partial charge in [0, 0.05) is 5.69 Å². The topological polar surface area (TPSA) is 76.2 Å². The molecule has 0 aliphatic carbocycles. The van der Waals surface area contributed by atoms with E-state index in [1.165, 1.54) is 4.90 Å². The summed E-state index contributed by atoms with van der Waals surface area (Å²) < 4.78 is 4.90. The molecule has 3 amide bonds. The molecule has 2 aliphatic rings. The summed E-state index contributed by atoms with van der Waals surface area (Å²) in [6.07, 6.45) is 0. The molecule has 1 saturated heterocycles. The lowest BCUT2D eigenvalue weighted by molar-refractivity contribution is -0.159. The number of para-hydroxylation sites is 1. The summed E-state index contributed by atoms with van der Waals surface area (Å²) in [5, 5.41) is 0. The van der Waals surface area contributed by atoms with Crippen LogP contribution in [0.2, 0.25) is 0 Å². The van der Waals surface area contributed by atoms with Crippen LogP contribution in [0, 0.1) is 0 Å². The van der Waals surface area contributed by atoms with Crippen LogP contribution in [-0.2, 0) is 9.32 Å². The number of imide groups is 1. The zero-order valence-corrected chi connectivity index (χ0v) is 12.8. The van der Waals surface area contributed by atoms with E-state index in [-0.39, 0.29) is 12.5 Å². The number of benzene rings is 2. The molecular weight excluding hydrogens is 315 g/mol. The van der Waals surface area contributed by atoms with Gasteiger partial charge in [0.2, 0.25) is 0 Å². The molecule has 2 aliphatic heterocycles. The summed E-state index contributed by atoms with van der Waals surface area (Å²) in [5.74, 6) is -0.284. The van der Waals surface area contributed by atoms with Crippen LogP contribution >= 0.6 is 8.00 Å². The Balaban J connectivity index is 1.66. The van der Waals surface area contributed by atoms with Crippen LogP contribution in [0.5, 0.6) is 0 Å². The summed E-state index contributed by atoms with van der Waals surface area (Å²) in [6.45, 7) is -0.0283. The highest BCUT2D eigenvalue weighted by atomic mass is 31.1. The lowest BCUT2D eigenvalue weighted by atomic mass is 10.2. The van der Waals surface area contributed by atoms with E-state index in [0.29, 0.717) is 22.4 Å². The van der Waals surface area contributed by atoms with E-state index in [1.54, 1.807) is 48.5 Å². The fraction of sp³-hybridized carbons (Fsp3) is 0.0625. The van der Waals surface area contributed by atoms with Crippen molar-refractivity contribution in [1.82, 2.24) is 0 Å². The van der Waals surface area contributed by atoms with E-state index in [9.17, 15) is 14.5 Å². The van der Waals surface area contributed by atoms with Crippen molar-refractivity contribution in [3.05, 3.63) is 60.2 Å². The summed E-state index contributed by atoms with van der Waals surface area (Å²) in [4.78, 5) is 38.6. The van der Waals surface area contributed by atoms with E-state index >= 15 is 0 Å². The Hall–Kier alpha value is -2.53. The predicted molar refractivity (Wildman–Crippen MR) is 85.2 cm³/mol. The second kappa shape index (κ2) is 5.28. The number of carbonyl (C=O) groups excluding carboxylic acids is 2. The fourth-order valence-electron chi connectivity index (χ4n) is 2.56. The van der Waals surface area contributed by atoms with Crippen LogP contribution in [0.4, 0.5) is 16.2 Å². The smallest absolute Gasteiger partial charge is 0.336 e. The number of rotatable bonds is 3. The first-order valence-electron chi connectivity index (χ1n) is 6.97. The van der Waals surface area contributed by atoms with Gasteiger partial charge in [-0.15, -0.1) is 0 Å². The largest absolute Gasteiger partial charge is 0.600 e. The maximum atomic E-state index is 12.6. The van der Waals surface area contributed by atoms with Gasteiger partial charge in [-0.25, -0.2) is 9.69 Å². The SMILES string of the molecule is O=C1CN(c2cccc(C3=[P+]([O-])O3)c2)C(=O)N1c1ccccc1. The number of hydrogen-bond donors (Lipinski definition) is 0. The Labute approximate surface area is 133 Å². The summed E-state index contributed by atoms with van der Waals surface area (Å²) in [7, 11) is -1.71. The molecule has 1 atom stereocenters. The lowest BCUT2D eigenvalue weighted by Gasteiger charge is -2.17. The molecule has 1 fully saturated rings. The maximum absolute atomic E-state index is 12.6. The van der Waals surface area contributed by atoms with Gasteiger partial charge in [0.1, 0.15) is 6.54 Å². The zero-order chi connectivity index (χ0) is 16.0. The number of urea groups is 1. The minimum atomic E-state index is -1.71. The first kappa shape index (κ1) is 14.1. The van der Waals surface area contributed by atoms with Crippen LogP contribution in [0.3, 0.4) is 0 Å².